The van der Waals surface area contributed by atoms with Gasteiger partial charge in [0.1, 0.15) is 0 Å². The fraction of sp³-hybridized carbons (Fsp3) is 0.286. The van der Waals surface area contributed by atoms with Crippen LogP contribution in [-0.4, -0.2) is 34.4 Å². The summed E-state index contributed by atoms with van der Waals surface area (Å²) in [5, 5.41) is 4.68. The molecule has 0 bridgehead atoms. The molecule has 132 valence electrons. The van der Waals surface area contributed by atoms with Crippen molar-refractivity contribution < 1.29 is 4.79 Å². The molecule has 0 aliphatic carbocycles. The quantitative estimate of drug-likeness (QED) is 0.785. The number of fused-ring (bicyclic) bond motifs is 1. The number of para-hydroxylation sites is 1. The summed E-state index contributed by atoms with van der Waals surface area (Å²) in [4.78, 5) is 22.9. The van der Waals surface area contributed by atoms with Gasteiger partial charge in [0.15, 0.2) is 0 Å². The SMILES string of the molecule is Cc1cc(NC[C@@H]2CC(=O)N(C)[C@H]2c2ccncc2)c2ccccc2n1. The number of hydrogen-bond donors (Lipinski definition) is 1. The Morgan fingerprint density at radius 2 is 1.96 bits per heavy atom. The van der Waals surface area contributed by atoms with Gasteiger partial charge in [0.05, 0.1) is 11.6 Å². The number of amides is 1. The Morgan fingerprint density at radius 3 is 2.77 bits per heavy atom. The molecule has 3 heterocycles. The third-order valence-electron chi connectivity index (χ3n) is 5.14. The third-order valence-corrected chi connectivity index (χ3v) is 5.14. The largest absolute Gasteiger partial charge is 0.384 e. The molecule has 1 amide bonds. The van der Waals surface area contributed by atoms with Crippen molar-refractivity contribution in [2.75, 3.05) is 18.9 Å². The third kappa shape index (κ3) is 3.01. The van der Waals surface area contributed by atoms with Gasteiger partial charge < -0.3 is 10.2 Å². The number of likely N-dealkylation sites (tertiary alicyclic amines) is 1. The average molecular weight is 346 g/mol. The van der Waals surface area contributed by atoms with Gasteiger partial charge in [0.2, 0.25) is 5.91 Å². The number of nitrogens with one attached hydrogen (secondary N) is 1. The first kappa shape index (κ1) is 16.5. The molecule has 0 unspecified atom stereocenters. The maximum absolute atomic E-state index is 12.3. The molecule has 0 saturated carbocycles. The number of rotatable bonds is 4. The van der Waals surface area contributed by atoms with E-state index in [1.807, 2.05) is 49.2 Å². The molecule has 4 rings (SSSR count). The molecule has 1 fully saturated rings. The topological polar surface area (TPSA) is 58.1 Å². The first-order chi connectivity index (χ1) is 12.6. The molecule has 1 N–H and O–H groups in total. The molecular weight excluding hydrogens is 324 g/mol. The van der Waals surface area contributed by atoms with Crippen molar-refractivity contribution in [2.24, 2.45) is 5.92 Å². The molecule has 0 radical (unpaired) electrons. The van der Waals surface area contributed by atoms with Gasteiger partial charge in [-0.1, -0.05) is 18.2 Å². The van der Waals surface area contributed by atoms with E-state index < -0.39 is 0 Å². The van der Waals surface area contributed by atoms with Crippen molar-refractivity contribution in [1.82, 2.24) is 14.9 Å². The lowest BCUT2D eigenvalue weighted by atomic mass is 9.94. The Balaban J connectivity index is 1.60. The zero-order valence-corrected chi connectivity index (χ0v) is 15.0. The highest BCUT2D eigenvalue weighted by Crippen LogP contribution is 2.37. The highest BCUT2D eigenvalue weighted by Gasteiger charge is 2.38. The fourth-order valence-electron chi connectivity index (χ4n) is 3.89. The van der Waals surface area contributed by atoms with E-state index in [0.717, 1.165) is 34.4 Å². The van der Waals surface area contributed by atoms with Crippen LogP contribution in [-0.2, 0) is 4.79 Å². The van der Waals surface area contributed by atoms with Crippen LogP contribution in [0.3, 0.4) is 0 Å². The molecule has 0 spiro atoms. The lowest BCUT2D eigenvalue weighted by Crippen LogP contribution is -2.26. The van der Waals surface area contributed by atoms with Crippen molar-refractivity contribution in [3.05, 3.63) is 66.1 Å². The van der Waals surface area contributed by atoms with Crippen LogP contribution in [0.2, 0.25) is 0 Å². The minimum Gasteiger partial charge on any atom is -0.384 e. The highest BCUT2D eigenvalue weighted by molar-refractivity contribution is 5.91. The Bertz CT molecular complexity index is 941. The van der Waals surface area contributed by atoms with Crippen molar-refractivity contribution >= 4 is 22.5 Å². The Hall–Kier alpha value is -2.95. The van der Waals surface area contributed by atoms with Gasteiger partial charge in [0, 0.05) is 55.1 Å². The number of pyridine rings is 2. The number of benzene rings is 1. The summed E-state index contributed by atoms with van der Waals surface area (Å²) in [5.41, 5.74) is 4.18. The van der Waals surface area contributed by atoms with Crippen LogP contribution < -0.4 is 5.32 Å². The maximum Gasteiger partial charge on any atom is 0.223 e. The van der Waals surface area contributed by atoms with Crippen LogP contribution in [0.25, 0.3) is 10.9 Å². The van der Waals surface area contributed by atoms with Crippen LogP contribution in [0.5, 0.6) is 0 Å². The molecule has 3 aromatic rings. The smallest absolute Gasteiger partial charge is 0.223 e. The molecule has 2 aromatic heterocycles. The number of nitrogens with zero attached hydrogens (tertiary/aromatic N) is 3. The summed E-state index contributed by atoms with van der Waals surface area (Å²) in [6, 6.07) is 14.3. The highest BCUT2D eigenvalue weighted by atomic mass is 16.2. The van der Waals surface area contributed by atoms with Crippen molar-refractivity contribution in [3.63, 3.8) is 0 Å². The normalized spacial score (nSPS) is 19.9. The van der Waals surface area contributed by atoms with Gasteiger partial charge in [-0.05, 0) is 36.8 Å². The van der Waals surface area contributed by atoms with E-state index in [-0.39, 0.29) is 17.9 Å². The summed E-state index contributed by atoms with van der Waals surface area (Å²) in [7, 11) is 1.89. The van der Waals surface area contributed by atoms with Gasteiger partial charge in [-0.2, -0.15) is 0 Å². The van der Waals surface area contributed by atoms with E-state index in [4.69, 9.17) is 0 Å². The lowest BCUT2D eigenvalue weighted by molar-refractivity contribution is -0.127. The zero-order valence-electron chi connectivity index (χ0n) is 15.0. The molecule has 1 aliphatic heterocycles. The van der Waals surface area contributed by atoms with E-state index in [2.05, 4.69) is 27.4 Å². The van der Waals surface area contributed by atoms with Crippen molar-refractivity contribution in [2.45, 2.75) is 19.4 Å². The van der Waals surface area contributed by atoms with Gasteiger partial charge >= 0.3 is 0 Å². The Kier molecular flexibility index (Phi) is 4.29. The predicted molar refractivity (Wildman–Crippen MR) is 103 cm³/mol. The standard InChI is InChI=1S/C21H22N4O/c1-14-11-19(17-5-3-4-6-18(17)24-14)23-13-16-12-20(26)25(2)21(16)15-7-9-22-10-8-15/h3-11,16,21H,12-13H2,1-2H3,(H,23,24)/t16-,21-/m0/s1. The van der Waals surface area contributed by atoms with Crippen LogP contribution in [0.1, 0.15) is 23.7 Å². The van der Waals surface area contributed by atoms with E-state index >= 15 is 0 Å². The number of aromatic nitrogens is 2. The van der Waals surface area contributed by atoms with E-state index in [0.29, 0.717) is 6.42 Å². The second-order valence-electron chi connectivity index (χ2n) is 6.90. The second kappa shape index (κ2) is 6.75. The maximum atomic E-state index is 12.3. The van der Waals surface area contributed by atoms with Gasteiger partial charge in [0.25, 0.3) is 0 Å². The first-order valence-electron chi connectivity index (χ1n) is 8.89. The van der Waals surface area contributed by atoms with Crippen molar-refractivity contribution in [1.29, 1.82) is 0 Å². The van der Waals surface area contributed by atoms with Crippen molar-refractivity contribution in [3.8, 4) is 0 Å². The summed E-state index contributed by atoms with van der Waals surface area (Å²) in [6.45, 7) is 2.74. The van der Waals surface area contributed by atoms with Crippen LogP contribution in [0.4, 0.5) is 5.69 Å². The number of anilines is 1. The molecule has 1 aliphatic rings. The minimum atomic E-state index is 0.0761. The van der Waals surface area contributed by atoms with E-state index in [9.17, 15) is 4.79 Å². The summed E-state index contributed by atoms with van der Waals surface area (Å²) in [5.74, 6) is 0.400. The Morgan fingerprint density at radius 1 is 1.19 bits per heavy atom. The first-order valence-corrected chi connectivity index (χ1v) is 8.89. The fourth-order valence-corrected chi connectivity index (χ4v) is 3.89. The van der Waals surface area contributed by atoms with Gasteiger partial charge in [-0.25, -0.2) is 0 Å². The molecule has 2 atom stereocenters. The minimum absolute atomic E-state index is 0.0761. The molecule has 1 saturated heterocycles. The molecule has 5 nitrogen and oxygen atoms in total. The molecule has 1 aromatic carbocycles. The van der Waals surface area contributed by atoms with E-state index in [1.165, 1.54) is 0 Å². The monoisotopic (exact) mass is 346 g/mol. The molecule has 26 heavy (non-hydrogen) atoms. The van der Waals surface area contributed by atoms with Gasteiger partial charge in [-0.15, -0.1) is 0 Å². The second-order valence-corrected chi connectivity index (χ2v) is 6.90. The zero-order chi connectivity index (χ0) is 18.1. The molecular formula is C21H22N4O. The number of carbonyl (C=O) groups is 1. The van der Waals surface area contributed by atoms with Crippen LogP contribution >= 0.6 is 0 Å². The summed E-state index contributed by atoms with van der Waals surface area (Å²) in [6.07, 6.45) is 4.13. The number of carbonyl (C=O) groups excluding carboxylic acids is 1. The van der Waals surface area contributed by atoms with E-state index in [1.54, 1.807) is 12.4 Å². The number of aryl methyl sites for hydroxylation is 1. The lowest BCUT2D eigenvalue weighted by Gasteiger charge is -2.26. The predicted octanol–water partition coefficient (Wildman–Crippen LogP) is 3.57. The molecule has 5 heteroatoms. The van der Waals surface area contributed by atoms with Crippen LogP contribution in [0.15, 0.2) is 54.9 Å². The number of hydrogen-bond acceptors (Lipinski definition) is 4. The average Bonchev–Trinajstić information content (AvgIpc) is 2.94. The summed E-state index contributed by atoms with van der Waals surface area (Å²) < 4.78 is 0. The van der Waals surface area contributed by atoms with Crippen LogP contribution in [0, 0.1) is 12.8 Å². The summed E-state index contributed by atoms with van der Waals surface area (Å²) >= 11 is 0. The Labute approximate surface area is 153 Å². The van der Waals surface area contributed by atoms with Gasteiger partial charge in [-0.3, -0.25) is 14.8 Å².